The Morgan fingerprint density at radius 1 is 1.62 bits per heavy atom. The van der Waals surface area contributed by atoms with Gasteiger partial charge >= 0.3 is 5.97 Å². The number of aromatic nitrogens is 2. The van der Waals surface area contributed by atoms with Crippen molar-refractivity contribution in [1.82, 2.24) is 15.5 Å². The summed E-state index contributed by atoms with van der Waals surface area (Å²) in [6.07, 6.45) is 0.686. The van der Waals surface area contributed by atoms with Gasteiger partial charge in [-0.3, -0.25) is 4.79 Å². The first-order chi connectivity index (χ1) is 7.63. The van der Waals surface area contributed by atoms with Crippen molar-refractivity contribution in [3.05, 3.63) is 11.7 Å². The van der Waals surface area contributed by atoms with Crippen LogP contribution in [0.3, 0.4) is 0 Å². The van der Waals surface area contributed by atoms with Crippen molar-refractivity contribution < 1.29 is 14.1 Å². The number of hydrogen-bond donors (Lipinski definition) is 1. The normalized spacial score (nSPS) is 12.4. The SMILES string of the molecule is COC(=O)C(C)CNCCc1noc(C)n1. The van der Waals surface area contributed by atoms with Gasteiger partial charge in [-0.15, -0.1) is 0 Å². The van der Waals surface area contributed by atoms with Crippen LogP contribution in [0.2, 0.25) is 0 Å². The molecule has 0 fully saturated rings. The summed E-state index contributed by atoms with van der Waals surface area (Å²) in [5.41, 5.74) is 0. The summed E-state index contributed by atoms with van der Waals surface area (Å²) in [5.74, 6) is 0.897. The van der Waals surface area contributed by atoms with E-state index < -0.39 is 0 Å². The molecule has 0 amide bonds. The minimum atomic E-state index is -0.206. The van der Waals surface area contributed by atoms with Crippen molar-refractivity contribution in [2.45, 2.75) is 20.3 Å². The van der Waals surface area contributed by atoms with E-state index >= 15 is 0 Å². The molecule has 6 heteroatoms. The standard InChI is InChI=1S/C10H17N3O3/c1-7(10(14)15-3)6-11-5-4-9-12-8(2)16-13-9/h7,11H,4-6H2,1-3H3. The molecule has 1 N–H and O–H groups in total. The van der Waals surface area contributed by atoms with Crippen LogP contribution in [0.15, 0.2) is 4.52 Å². The van der Waals surface area contributed by atoms with Crippen molar-refractivity contribution in [3.8, 4) is 0 Å². The predicted molar refractivity (Wildman–Crippen MR) is 56.8 cm³/mol. The summed E-state index contributed by atoms with van der Waals surface area (Å²) in [6.45, 7) is 4.87. The first kappa shape index (κ1) is 12.6. The lowest BCUT2D eigenvalue weighted by Gasteiger charge is -2.09. The monoisotopic (exact) mass is 227 g/mol. The van der Waals surface area contributed by atoms with Crippen LogP contribution < -0.4 is 5.32 Å². The van der Waals surface area contributed by atoms with Crippen LogP contribution in [0.25, 0.3) is 0 Å². The molecule has 1 unspecified atom stereocenters. The quantitative estimate of drug-likeness (QED) is 0.557. The molecule has 1 heterocycles. The lowest BCUT2D eigenvalue weighted by Crippen LogP contribution is -2.28. The van der Waals surface area contributed by atoms with Crippen LogP contribution in [-0.4, -0.2) is 36.3 Å². The molecule has 0 aliphatic carbocycles. The van der Waals surface area contributed by atoms with Crippen LogP contribution in [0.5, 0.6) is 0 Å². The Labute approximate surface area is 94.4 Å². The fourth-order valence-corrected chi connectivity index (χ4v) is 1.25. The fraction of sp³-hybridized carbons (Fsp3) is 0.700. The van der Waals surface area contributed by atoms with Crippen LogP contribution in [0.4, 0.5) is 0 Å². The third-order valence-electron chi connectivity index (χ3n) is 2.15. The van der Waals surface area contributed by atoms with Gasteiger partial charge in [0.15, 0.2) is 5.82 Å². The van der Waals surface area contributed by atoms with Gasteiger partial charge in [-0.05, 0) is 0 Å². The van der Waals surface area contributed by atoms with E-state index in [1.54, 1.807) is 6.92 Å². The van der Waals surface area contributed by atoms with Crippen LogP contribution >= 0.6 is 0 Å². The molecule has 0 aliphatic heterocycles. The number of carbonyl (C=O) groups excluding carboxylic acids is 1. The van der Waals surface area contributed by atoms with Crippen molar-refractivity contribution in [1.29, 1.82) is 0 Å². The van der Waals surface area contributed by atoms with Gasteiger partial charge in [-0.2, -0.15) is 4.98 Å². The minimum absolute atomic E-state index is 0.142. The third-order valence-corrected chi connectivity index (χ3v) is 2.15. The molecule has 0 saturated heterocycles. The Morgan fingerprint density at radius 3 is 2.94 bits per heavy atom. The smallest absolute Gasteiger partial charge is 0.309 e. The third kappa shape index (κ3) is 3.98. The molecule has 0 radical (unpaired) electrons. The van der Waals surface area contributed by atoms with E-state index in [-0.39, 0.29) is 11.9 Å². The van der Waals surface area contributed by atoms with Gasteiger partial charge in [-0.1, -0.05) is 12.1 Å². The van der Waals surface area contributed by atoms with Gasteiger partial charge in [0.25, 0.3) is 0 Å². The summed E-state index contributed by atoms with van der Waals surface area (Å²) in [4.78, 5) is 15.1. The molecule has 0 aromatic carbocycles. The Kier molecular flexibility index (Phi) is 4.91. The van der Waals surface area contributed by atoms with E-state index in [4.69, 9.17) is 4.52 Å². The van der Waals surface area contributed by atoms with E-state index in [0.29, 0.717) is 31.2 Å². The molecule has 90 valence electrons. The number of ether oxygens (including phenoxy) is 1. The zero-order valence-electron chi connectivity index (χ0n) is 9.82. The average molecular weight is 227 g/mol. The fourth-order valence-electron chi connectivity index (χ4n) is 1.25. The number of rotatable bonds is 6. The van der Waals surface area contributed by atoms with Gasteiger partial charge in [-0.25, -0.2) is 0 Å². The molecule has 1 aromatic heterocycles. The second kappa shape index (κ2) is 6.22. The van der Waals surface area contributed by atoms with E-state index in [1.165, 1.54) is 7.11 Å². The maximum absolute atomic E-state index is 11.1. The zero-order chi connectivity index (χ0) is 12.0. The molecule has 0 aliphatic rings. The predicted octanol–water partition coefficient (Wildman–Crippen LogP) is 0.319. The first-order valence-corrected chi connectivity index (χ1v) is 5.21. The summed E-state index contributed by atoms with van der Waals surface area (Å²) < 4.78 is 9.45. The van der Waals surface area contributed by atoms with E-state index in [0.717, 1.165) is 0 Å². The summed E-state index contributed by atoms with van der Waals surface area (Å²) in [7, 11) is 1.39. The van der Waals surface area contributed by atoms with Crippen LogP contribution in [-0.2, 0) is 16.0 Å². The van der Waals surface area contributed by atoms with Gasteiger partial charge in [0.05, 0.1) is 13.0 Å². The van der Waals surface area contributed by atoms with Crippen LogP contribution in [0.1, 0.15) is 18.6 Å². The lowest BCUT2D eigenvalue weighted by atomic mass is 10.2. The van der Waals surface area contributed by atoms with Crippen LogP contribution in [0, 0.1) is 12.8 Å². The number of nitrogens with one attached hydrogen (secondary N) is 1. The number of nitrogens with zero attached hydrogens (tertiary/aromatic N) is 2. The highest BCUT2D eigenvalue weighted by Gasteiger charge is 2.12. The Morgan fingerprint density at radius 2 is 2.38 bits per heavy atom. The molecular formula is C10H17N3O3. The van der Waals surface area contributed by atoms with Crippen molar-refractivity contribution in [2.24, 2.45) is 5.92 Å². The van der Waals surface area contributed by atoms with Crippen molar-refractivity contribution in [2.75, 3.05) is 20.2 Å². The molecule has 1 aromatic rings. The highest BCUT2D eigenvalue weighted by Crippen LogP contribution is 1.97. The maximum atomic E-state index is 11.1. The van der Waals surface area contributed by atoms with E-state index in [1.807, 2.05) is 6.92 Å². The average Bonchev–Trinajstić information content (AvgIpc) is 2.69. The second-order valence-electron chi connectivity index (χ2n) is 3.61. The highest BCUT2D eigenvalue weighted by atomic mass is 16.5. The molecule has 0 saturated carbocycles. The number of carbonyl (C=O) groups is 1. The van der Waals surface area contributed by atoms with E-state index in [9.17, 15) is 4.79 Å². The summed E-state index contributed by atoms with van der Waals surface area (Å²) in [5, 5.41) is 6.90. The lowest BCUT2D eigenvalue weighted by molar-refractivity contribution is -0.144. The summed E-state index contributed by atoms with van der Waals surface area (Å²) in [6, 6.07) is 0. The number of aryl methyl sites for hydroxylation is 1. The second-order valence-corrected chi connectivity index (χ2v) is 3.61. The number of hydrogen-bond acceptors (Lipinski definition) is 6. The molecule has 1 rings (SSSR count). The number of methoxy groups -OCH3 is 1. The molecule has 16 heavy (non-hydrogen) atoms. The molecule has 1 atom stereocenters. The van der Waals surface area contributed by atoms with Crippen molar-refractivity contribution in [3.63, 3.8) is 0 Å². The Hall–Kier alpha value is -1.43. The van der Waals surface area contributed by atoms with Gasteiger partial charge in [0, 0.05) is 26.4 Å². The first-order valence-electron chi connectivity index (χ1n) is 5.21. The zero-order valence-corrected chi connectivity index (χ0v) is 9.82. The summed E-state index contributed by atoms with van der Waals surface area (Å²) >= 11 is 0. The van der Waals surface area contributed by atoms with E-state index in [2.05, 4.69) is 20.2 Å². The largest absolute Gasteiger partial charge is 0.469 e. The molecular weight excluding hydrogens is 210 g/mol. The number of esters is 1. The van der Waals surface area contributed by atoms with Gasteiger partial charge in [0.2, 0.25) is 5.89 Å². The Balaban J connectivity index is 2.14. The topological polar surface area (TPSA) is 77.2 Å². The Bertz CT molecular complexity index is 338. The van der Waals surface area contributed by atoms with Gasteiger partial charge < -0.3 is 14.6 Å². The maximum Gasteiger partial charge on any atom is 0.309 e. The molecule has 0 spiro atoms. The molecule has 0 bridgehead atoms. The van der Waals surface area contributed by atoms with Gasteiger partial charge in [0.1, 0.15) is 0 Å². The van der Waals surface area contributed by atoms with Crippen molar-refractivity contribution >= 4 is 5.97 Å². The minimum Gasteiger partial charge on any atom is -0.469 e. The highest BCUT2D eigenvalue weighted by molar-refractivity contribution is 5.71. The molecule has 6 nitrogen and oxygen atoms in total.